The Bertz CT molecular complexity index is 2780. The van der Waals surface area contributed by atoms with Gasteiger partial charge in [0.25, 0.3) is 0 Å². The van der Waals surface area contributed by atoms with Crippen molar-refractivity contribution in [2.45, 2.75) is 0 Å². The Morgan fingerprint density at radius 1 is 0.340 bits per heavy atom. The summed E-state index contributed by atoms with van der Waals surface area (Å²) in [7, 11) is 0. The largest absolute Gasteiger partial charge is 0.307 e. The highest BCUT2D eigenvalue weighted by molar-refractivity contribution is 6.27. The topological polar surface area (TPSA) is 48.5 Å². The first-order valence-corrected chi connectivity index (χ1v) is 16.8. The molecule has 0 radical (unpaired) electrons. The van der Waals surface area contributed by atoms with Gasteiger partial charge in [0.2, 0.25) is 0 Å². The first kappa shape index (κ1) is 28.2. The van der Waals surface area contributed by atoms with Crippen LogP contribution in [-0.4, -0.2) is 24.1 Å². The zero-order chi connectivity index (χ0) is 33.0. The van der Waals surface area contributed by atoms with Crippen LogP contribution in [0.4, 0.5) is 0 Å². The zero-order valence-electron chi connectivity index (χ0n) is 27.0. The molecule has 0 atom stereocenters. The highest BCUT2D eigenvalue weighted by atomic mass is 15.1. The molecule has 0 N–H and O–H groups in total. The molecule has 7 aromatic carbocycles. The van der Waals surface area contributed by atoms with Crippen LogP contribution in [0.15, 0.2) is 176 Å². The predicted molar refractivity (Wildman–Crippen MR) is 205 cm³/mol. The summed E-state index contributed by atoms with van der Waals surface area (Å²) in [6, 6.07) is 61.3. The molecule has 0 aliphatic heterocycles. The van der Waals surface area contributed by atoms with Crippen molar-refractivity contribution in [3.8, 4) is 45.5 Å². The maximum absolute atomic E-state index is 5.25. The first-order valence-electron chi connectivity index (χ1n) is 16.8. The van der Waals surface area contributed by atoms with Gasteiger partial charge in [-0.25, -0.2) is 15.0 Å². The molecule has 5 nitrogen and oxygen atoms in total. The predicted octanol–water partition coefficient (Wildman–Crippen LogP) is 11.1. The van der Waals surface area contributed by atoms with Gasteiger partial charge in [0, 0.05) is 49.6 Å². The van der Waals surface area contributed by atoms with Crippen LogP contribution in [0.1, 0.15) is 0 Å². The molecule has 0 spiro atoms. The third-order valence-corrected chi connectivity index (χ3v) is 9.54. The van der Waals surface area contributed by atoms with E-state index in [0.717, 1.165) is 66.3 Å². The fourth-order valence-electron chi connectivity index (χ4n) is 7.39. The van der Waals surface area contributed by atoms with E-state index >= 15 is 0 Å². The lowest BCUT2D eigenvalue weighted by Gasteiger charge is -2.14. The number of fused-ring (bicyclic) bond motifs is 7. The fourth-order valence-corrected chi connectivity index (χ4v) is 7.39. The molecule has 234 valence electrons. The maximum Gasteiger partial charge on any atom is 0.164 e. The monoisotopic (exact) mass is 639 g/mol. The minimum absolute atomic E-state index is 0.636. The highest BCUT2D eigenvalue weighted by Crippen LogP contribution is 2.46. The number of nitrogens with zero attached hydrogens (tertiary/aromatic N) is 5. The highest BCUT2D eigenvalue weighted by Gasteiger charge is 2.26. The summed E-state index contributed by atoms with van der Waals surface area (Å²) in [5.74, 6) is 1.92. The SMILES string of the molecule is c1ccc(-c2nc(-c3ccccc3)nc(-c3cc4c5ccccc5n(-c5ccccc5)c4c4c3c3ccccc3n4-c3ccccc3)n2)cc1. The lowest BCUT2D eigenvalue weighted by molar-refractivity contribution is 1.08. The van der Waals surface area contributed by atoms with Crippen LogP contribution < -0.4 is 0 Å². The van der Waals surface area contributed by atoms with Crippen molar-refractivity contribution in [2.75, 3.05) is 0 Å². The smallest absolute Gasteiger partial charge is 0.164 e. The van der Waals surface area contributed by atoms with Crippen LogP contribution in [0.3, 0.4) is 0 Å². The Morgan fingerprint density at radius 3 is 1.32 bits per heavy atom. The number of hydrogen-bond acceptors (Lipinski definition) is 3. The van der Waals surface area contributed by atoms with Gasteiger partial charge in [-0.2, -0.15) is 0 Å². The van der Waals surface area contributed by atoms with E-state index in [4.69, 9.17) is 15.0 Å². The van der Waals surface area contributed by atoms with E-state index in [9.17, 15) is 0 Å². The molecule has 50 heavy (non-hydrogen) atoms. The second-order valence-corrected chi connectivity index (χ2v) is 12.5. The molecule has 0 amide bonds. The Balaban J connectivity index is 1.43. The van der Waals surface area contributed by atoms with E-state index in [1.807, 2.05) is 36.4 Å². The van der Waals surface area contributed by atoms with Gasteiger partial charge in [-0.3, -0.25) is 0 Å². The molecule has 0 fully saturated rings. The van der Waals surface area contributed by atoms with Crippen LogP contribution in [0, 0.1) is 0 Å². The quantitative estimate of drug-likeness (QED) is 0.188. The van der Waals surface area contributed by atoms with Crippen molar-refractivity contribution < 1.29 is 0 Å². The van der Waals surface area contributed by atoms with Gasteiger partial charge >= 0.3 is 0 Å². The molecule has 0 saturated heterocycles. The molecule has 0 aliphatic rings. The molecule has 0 unspecified atom stereocenters. The van der Waals surface area contributed by atoms with Gasteiger partial charge in [-0.1, -0.05) is 133 Å². The van der Waals surface area contributed by atoms with E-state index in [1.54, 1.807) is 0 Å². The fraction of sp³-hybridized carbons (Fsp3) is 0. The van der Waals surface area contributed by atoms with Crippen molar-refractivity contribution in [1.82, 2.24) is 24.1 Å². The van der Waals surface area contributed by atoms with Crippen molar-refractivity contribution in [2.24, 2.45) is 0 Å². The molecule has 10 rings (SSSR count). The summed E-state index contributed by atoms with van der Waals surface area (Å²) in [4.78, 5) is 15.5. The van der Waals surface area contributed by atoms with E-state index in [0.29, 0.717) is 17.5 Å². The van der Waals surface area contributed by atoms with E-state index in [-0.39, 0.29) is 0 Å². The second-order valence-electron chi connectivity index (χ2n) is 12.5. The standard InChI is InChI=1S/C45H29N5/c1-5-17-30(18-6-1)43-46-44(31-19-7-2-8-20-31)48-45(47-43)37-29-36-34-25-13-15-27-38(34)49(32-21-9-3-10-22-32)41(36)42-40(37)35-26-14-16-28-39(35)50(42)33-23-11-4-12-24-33/h1-29H. The number of hydrogen-bond donors (Lipinski definition) is 0. The zero-order valence-corrected chi connectivity index (χ0v) is 27.0. The van der Waals surface area contributed by atoms with E-state index < -0.39 is 0 Å². The minimum atomic E-state index is 0.636. The minimum Gasteiger partial charge on any atom is -0.307 e. The third kappa shape index (κ3) is 4.37. The average molecular weight is 640 g/mol. The molecular weight excluding hydrogens is 611 g/mol. The second kappa shape index (κ2) is 11.4. The summed E-state index contributed by atoms with van der Waals surface area (Å²) < 4.78 is 4.82. The number of benzene rings is 7. The lowest BCUT2D eigenvalue weighted by atomic mass is 10.0. The third-order valence-electron chi connectivity index (χ3n) is 9.54. The van der Waals surface area contributed by atoms with Gasteiger partial charge in [0.05, 0.1) is 22.1 Å². The van der Waals surface area contributed by atoms with Crippen LogP contribution in [0.2, 0.25) is 0 Å². The van der Waals surface area contributed by atoms with Crippen LogP contribution in [0.25, 0.3) is 89.2 Å². The van der Waals surface area contributed by atoms with Gasteiger partial charge < -0.3 is 9.13 Å². The van der Waals surface area contributed by atoms with Crippen molar-refractivity contribution in [3.05, 3.63) is 176 Å². The maximum atomic E-state index is 5.25. The normalized spacial score (nSPS) is 11.6. The molecule has 3 heterocycles. The Hall–Kier alpha value is -6.85. The van der Waals surface area contributed by atoms with Crippen LogP contribution >= 0.6 is 0 Å². The van der Waals surface area contributed by atoms with Gasteiger partial charge in [-0.15, -0.1) is 0 Å². The summed E-state index contributed by atoms with van der Waals surface area (Å²) in [5, 5.41) is 4.53. The average Bonchev–Trinajstić information content (AvgIpc) is 3.72. The first-order chi connectivity index (χ1) is 24.8. The van der Waals surface area contributed by atoms with Crippen LogP contribution in [0.5, 0.6) is 0 Å². The summed E-state index contributed by atoms with van der Waals surface area (Å²) in [6.45, 7) is 0. The molecule has 10 aromatic rings. The number of rotatable bonds is 5. The Labute approximate surface area is 288 Å². The Morgan fingerprint density at radius 2 is 0.760 bits per heavy atom. The lowest BCUT2D eigenvalue weighted by Crippen LogP contribution is -2.02. The van der Waals surface area contributed by atoms with Crippen LogP contribution in [-0.2, 0) is 0 Å². The molecule has 5 heteroatoms. The molecule has 0 bridgehead atoms. The van der Waals surface area contributed by atoms with Gasteiger partial charge in [0.15, 0.2) is 17.5 Å². The van der Waals surface area contributed by atoms with Gasteiger partial charge in [0.1, 0.15) is 0 Å². The molecular formula is C45H29N5. The summed E-state index contributed by atoms with van der Waals surface area (Å²) >= 11 is 0. The summed E-state index contributed by atoms with van der Waals surface area (Å²) in [5.41, 5.74) is 9.55. The van der Waals surface area contributed by atoms with Crippen molar-refractivity contribution >= 4 is 43.6 Å². The molecule has 3 aromatic heterocycles. The number of aromatic nitrogens is 5. The summed E-state index contributed by atoms with van der Waals surface area (Å²) in [6.07, 6.45) is 0. The van der Waals surface area contributed by atoms with Gasteiger partial charge in [-0.05, 0) is 42.5 Å². The molecule has 0 aliphatic carbocycles. The van der Waals surface area contributed by atoms with E-state index in [2.05, 4.69) is 149 Å². The van der Waals surface area contributed by atoms with Crippen molar-refractivity contribution in [1.29, 1.82) is 0 Å². The molecule has 0 saturated carbocycles. The Kier molecular flexibility index (Phi) is 6.42. The number of para-hydroxylation sites is 4. The van der Waals surface area contributed by atoms with E-state index in [1.165, 1.54) is 5.39 Å². The van der Waals surface area contributed by atoms with Crippen molar-refractivity contribution in [3.63, 3.8) is 0 Å².